The highest BCUT2D eigenvalue weighted by molar-refractivity contribution is 6.03. The van der Waals surface area contributed by atoms with Crippen molar-refractivity contribution >= 4 is 17.5 Å². The zero-order valence-electron chi connectivity index (χ0n) is 22.8. The Bertz CT molecular complexity index is 1150. The zero-order chi connectivity index (χ0) is 27.3. The second-order valence-electron chi connectivity index (χ2n) is 11.9. The number of hydrogen-bond donors (Lipinski definition) is 2. The van der Waals surface area contributed by atoms with Crippen molar-refractivity contribution in [1.29, 1.82) is 5.26 Å². The van der Waals surface area contributed by atoms with E-state index >= 15 is 0 Å². The standard InChI is InChI=1S/C31H40N4O3/c1-30(2,3)23-14-16-25(17-15-23)35(29(37)26-13-7-8-18-31(26,38)21-32)27(22-10-9-19-33-20-22)28(36)34-24-11-5-4-6-12-24/h9-10,14-17,19-20,24,26-27,38H,4-8,11-13,18H2,1-3H3,(H,34,36). The number of rotatable bonds is 6. The van der Waals surface area contributed by atoms with Gasteiger partial charge < -0.3 is 10.4 Å². The Morgan fingerprint density at radius 3 is 2.37 bits per heavy atom. The highest BCUT2D eigenvalue weighted by atomic mass is 16.3. The van der Waals surface area contributed by atoms with E-state index in [9.17, 15) is 20.0 Å². The summed E-state index contributed by atoms with van der Waals surface area (Å²) < 4.78 is 0. The van der Waals surface area contributed by atoms with Crippen LogP contribution in [0.15, 0.2) is 48.8 Å². The number of nitrogens with one attached hydrogen (secondary N) is 1. The fraction of sp³-hybridized carbons (Fsp3) is 0.548. The molecule has 7 heteroatoms. The monoisotopic (exact) mass is 516 g/mol. The van der Waals surface area contributed by atoms with Gasteiger partial charge in [0.15, 0.2) is 5.60 Å². The molecular formula is C31H40N4O3. The molecule has 38 heavy (non-hydrogen) atoms. The molecule has 3 atom stereocenters. The summed E-state index contributed by atoms with van der Waals surface area (Å²) in [5.41, 5.74) is 0.397. The number of benzene rings is 1. The van der Waals surface area contributed by atoms with Crippen LogP contribution in [-0.4, -0.2) is 33.5 Å². The summed E-state index contributed by atoms with van der Waals surface area (Å²) in [6, 6.07) is 12.3. The largest absolute Gasteiger partial charge is 0.375 e. The van der Waals surface area contributed by atoms with Crippen LogP contribution in [0.2, 0.25) is 0 Å². The van der Waals surface area contributed by atoms with Gasteiger partial charge in [-0.1, -0.05) is 64.7 Å². The van der Waals surface area contributed by atoms with Crippen LogP contribution in [0.3, 0.4) is 0 Å². The first-order valence-corrected chi connectivity index (χ1v) is 13.9. The minimum Gasteiger partial charge on any atom is -0.375 e. The number of carbonyl (C=O) groups excluding carboxylic acids is 2. The Morgan fingerprint density at radius 2 is 1.76 bits per heavy atom. The van der Waals surface area contributed by atoms with E-state index in [1.807, 2.05) is 30.3 Å². The van der Waals surface area contributed by atoms with Crippen LogP contribution < -0.4 is 10.2 Å². The van der Waals surface area contributed by atoms with E-state index in [4.69, 9.17) is 0 Å². The smallest absolute Gasteiger partial charge is 0.248 e. The second-order valence-corrected chi connectivity index (χ2v) is 11.9. The summed E-state index contributed by atoms with van der Waals surface area (Å²) >= 11 is 0. The van der Waals surface area contributed by atoms with E-state index in [2.05, 4.69) is 31.1 Å². The maximum absolute atomic E-state index is 14.4. The maximum atomic E-state index is 14.4. The van der Waals surface area contributed by atoms with E-state index in [0.717, 1.165) is 44.1 Å². The molecule has 1 aromatic heterocycles. The van der Waals surface area contributed by atoms with Crippen LogP contribution in [0.5, 0.6) is 0 Å². The first kappa shape index (κ1) is 27.8. The average Bonchev–Trinajstić information content (AvgIpc) is 2.92. The molecule has 3 unspecified atom stereocenters. The molecule has 7 nitrogen and oxygen atoms in total. The molecule has 202 valence electrons. The van der Waals surface area contributed by atoms with E-state index < -0.39 is 23.5 Å². The first-order valence-electron chi connectivity index (χ1n) is 13.9. The third-order valence-electron chi connectivity index (χ3n) is 8.08. The molecule has 2 aliphatic rings. The van der Waals surface area contributed by atoms with Gasteiger partial charge in [-0.05, 0) is 61.3 Å². The molecule has 2 aromatic rings. The van der Waals surface area contributed by atoms with Crippen molar-refractivity contribution in [3.63, 3.8) is 0 Å². The summed E-state index contributed by atoms with van der Waals surface area (Å²) in [6.07, 6.45) is 10.4. The average molecular weight is 517 g/mol. The molecule has 1 heterocycles. The SMILES string of the molecule is CC(C)(C)c1ccc(N(C(=O)C2CCCCC2(O)C#N)C(C(=O)NC2CCCCC2)c2cccnc2)cc1. The number of nitrogens with zero attached hydrogens (tertiary/aromatic N) is 3. The minimum atomic E-state index is -1.77. The van der Waals surface area contributed by atoms with Gasteiger partial charge in [-0.2, -0.15) is 5.26 Å². The summed E-state index contributed by atoms with van der Waals surface area (Å²) in [5.74, 6) is -1.61. The molecule has 2 fully saturated rings. The van der Waals surface area contributed by atoms with Crippen molar-refractivity contribution in [2.24, 2.45) is 5.92 Å². The van der Waals surface area contributed by atoms with Gasteiger partial charge in [0.2, 0.25) is 11.8 Å². The first-order chi connectivity index (χ1) is 18.1. The molecule has 2 saturated carbocycles. The minimum absolute atomic E-state index is 0.0568. The summed E-state index contributed by atoms with van der Waals surface area (Å²) in [6.45, 7) is 6.36. The molecule has 4 rings (SSSR count). The highest BCUT2D eigenvalue weighted by Gasteiger charge is 2.48. The fourth-order valence-electron chi connectivity index (χ4n) is 5.79. The van der Waals surface area contributed by atoms with Crippen LogP contribution in [0.25, 0.3) is 0 Å². The Balaban J connectivity index is 1.81. The summed E-state index contributed by atoms with van der Waals surface area (Å²) in [5, 5.41) is 24.3. The lowest BCUT2D eigenvalue weighted by Gasteiger charge is -2.40. The van der Waals surface area contributed by atoms with Crippen molar-refractivity contribution in [2.45, 2.75) is 102 Å². The predicted octanol–water partition coefficient (Wildman–Crippen LogP) is 5.35. The van der Waals surface area contributed by atoms with Gasteiger partial charge in [0.25, 0.3) is 0 Å². The van der Waals surface area contributed by atoms with Crippen LogP contribution >= 0.6 is 0 Å². The van der Waals surface area contributed by atoms with E-state index in [1.54, 1.807) is 24.5 Å². The van der Waals surface area contributed by atoms with E-state index in [0.29, 0.717) is 24.1 Å². The summed E-state index contributed by atoms with van der Waals surface area (Å²) in [7, 11) is 0. The number of aromatic nitrogens is 1. The predicted molar refractivity (Wildman–Crippen MR) is 147 cm³/mol. The Morgan fingerprint density at radius 1 is 1.08 bits per heavy atom. The van der Waals surface area contributed by atoms with Gasteiger partial charge in [0.05, 0.1) is 12.0 Å². The Hall–Kier alpha value is -3.24. The topological polar surface area (TPSA) is 106 Å². The lowest BCUT2D eigenvalue weighted by Crippen LogP contribution is -2.53. The van der Waals surface area contributed by atoms with Gasteiger partial charge in [-0.25, -0.2) is 0 Å². The highest BCUT2D eigenvalue weighted by Crippen LogP contribution is 2.39. The number of anilines is 1. The molecule has 1 aromatic carbocycles. The third-order valence-corrected chi connectivity index (χ3v) is 8.08. The fourth-order valence-corrected chi connectivity index (χ4v) is 5.79. The molecule has 0 bridgehead atoms. The van der Waals surface area contributed by atoms with Gasteiger partial charge in [0, 0.05) is 29.7 Å². The zero-order valence-corrected chi connectivity index (χ0v) is 22.8. The van der Waals surface area contributed by atoms with Crippen molar-refractivity contribution in [3.8, 4) is 6.07 Å². The molecule has 2 amide bonds. The quantitative estimate of drug-likeness (QED) is 0.504. The maximum Gasteiger partial charge on any atom is 0.248 e. The normalized spacial score (nSPS) is 23.2. The van der Waals surface area contributed by atoms with Gasteiger partial charge in [-0.15, -0.1) is 0 Å². The molecular weight excluding hydrogens is 476 g/mol. The van der Waals surface area contributed by atoms with Crippen molar-refractivity contribution < 1.29 is 14.7 Å². The van der Waals surface area contributed by atoms with Crippen LogP contribution in [-0.2, 0) is 15.0 Å². The number of carbonyl (C=O) groups is 2. The molecule has 0 saturated heterocycles. The summed E-state index contributed by atoms with van der Waals surface area (Å²) in [4.78, 5) is 34.1. The number of hydrogen-bond acceptors (Lipinski definition) is 5. The Labute approximate surface area is 226 Å². The van der Waals surface area contributed by atoms with Crippen molar-refractivity contribution in [2.75, 3.05) is 4.90 Å². The molecule has 0 radical (unpaired) electrons. The van der Waals surface area contributed by atoms with E-state index in [-0.39, 0.29) is 23.8 Å². The number of nitriles is 1. The molecule has 2 N–H and O–H groups in total. The van der Waals surface area contributed by atoms with Gasteiger partial charge >= 0.3 is 0 Å². The number of amides is 2. The van der Waals surface area contributed by atoms with Crippen LogP contribution in [0.4, 0.5) is 5.69 Å². The van der Waals surface area contributed by atoms with Crippen molar-refractivity contribution in [1.82, 2.24) is 10.3 Å². The number of pyridine rings is 1. The lowest BCUT2D eigenvalue weighted by molar-refractivity contribution is -0.134. The third kappa shape index (κ3) is 6.07. The molecule has 0 spiro atoms. The van der Waals surface area contributed by atoms with Crippen molar-refractivity contribution in [3.05, 3.63) is 59.9 Å². The van der Waals surface area contributed by atoms with Crippen LogP contribution in [0.1, 0.15) is 95.7 Å². The molecule has 0 aliphatic heterocycles. The Kier molecular flexibility index (Phi) is 8.52. The van der Waals surface area contributed by atoms with Gasteiger partial charge in [-0.3, -0.25) is 19.5 Å². The van der Waals surface area contributed by atoms with Crippen LogP contribution in [0, 0.1) is 17.2 Å². The second kappa shape index (κ2) is 11.7. The van der Waals surface area contributed by atoms with E-state index in [1.165, 1.54) is 4.90 Å². The lowest BCUT2D eigenvalue weighted by atomic mass is 9.75. The number of aliphatic hydroxyl groups is 1. The van der Waals surface area contributed by atoms with Gasteiger partial charge in [0.1, 0.15) is 6.04 Å². The molecule has 2 aliphatic carbocycles.